The first-order valence-electron chi connectivity index (χ1n) is 9.64. The minimum atomic E-state index is -0.129. The van der Waals surface area contributed by atoms with Gasteiger partial charge < -0.3 is 14.7 Å². The van der Waals surface area contributed by atoms with E-state index < -0.39 is 0 Å². The summed E-state index contributed by atoms with van der Waals surface area (Å²) in [5, 5.41) is 7.38. The Bertz CT molecular complexity index is 635. The number of amides is 1. The van der Waals surface area contributed by atoms with Crippen molar-refractivity contribution in [3.05, 3.63) is 11.7 Å². The van der Waals surface area contributed by atoms with Gasteiger partial charge in [-0.2, -0.15) is 4.98 Å². The van der Waals surface area contributed by atoms with Crippen LogP contribution in [0.1, 0.15) is 50.4 Å². The van der Waals surface area contributed by atoms with Crippen molar-refractivity contribution >= 4 is 30.7 Å². The average molecular weight is 420 g/mol. The lowest BCUT2D eigenvalue weighted by molar-refractivity contribution is -0.147. The van der Waals surface area contributed by atoms with E-state index in [1.165, 1.54) is 19.3 Å². The lowest BCUT2D eigenvalue weighted by Crippen LogP contribution is -2.56. The monoisotopic (exact) mass is 419 g/mol. The van der Waals surface area contributed by atoms with Crippen LogP contribution in [-0.2, 0) is 4.79 Å². The molecule has 4 rings (SSSR count). The number of piperazine rings is 1. The van der Waals surface area contributed by atoms with Gasteiger partial charge >= 0.3 is 0 Å². The van der Waals surface area contributed by atoms with Crippen molar-refractivity contribution < 1.29 is 9.32 Å². The second-order valence-electron chi connectivity index (χ2n) is 7.91. The van der Waals surface area contributed by atoms with E-state index in [2.05, 4.69) is 32.2 Å². The van der Waals surface area contributed by atoms with Crippen molar-refractivity contribution in [3.63, 3.8) is 0 Å². The molecule has 154 valence electrons. The summed E-state index contributed by atoms with van der Waals surface area (Å²) in [6.07, 6.45) is 4.72. The minimum absolute atomic E-state index is 0. The maximum Gasteiger partial charge on any atom is 0.243 e. The zero-order chi connectivity index (χ0) is 17.4. The molecule has 9 heteroatoms. The summed E-state index contributed by atoms with van der Waals surface area (Å²) in [5.41, 5.74) is -0.129. The Hall–Kier alpha value is -0.890. The SMILES string of the molecule is Cc1noc(C(C)N2CCN(C(=O)[C@@]34CCCC[C@H]3CNC4)CC2)n1.Cl.Cl. The van der Waals surface area contributed by atoms with Gasteiger partial charge in [0.25, 0.3) is 0 Å². The molecule has 7 nitrogen and oxygen atoms in total. The van der Waals surface area contributed by atoms with E-state index >= 15 is 0 Å². The third kappa shape index (κ3) is 4.11. The number of aryl methyl sites for hydroxylation is 1. The van der Waals surface area contributed by atoms with Crippen LogP contribution in [0.15, 0.2) is 4.52 Å². The third-order valence-corrected chi connectivity index (χ3v) is 6.51. The fourth-order valence-corrected chi connectivity index (χ4v) is 4.93. The van der Waals surface area contributed by atoms with E-state index in [-0.39, 0.29) is 36.3 Å². The van der Waals surface area contributed by atoms with Crippen molar-refractivity contribution in [1.82, 2.24) is 25.3 Å². The first-order chi connectivity index (χ1) is 12.1. The van der Waals surface area contributed by atoms with Gasteiger partial charge in [-0.1, -0.05) is 18.0 Å². The predicted molar refractivity (Wildman–Crippen MR) is 107 cm³/mol. The maximum absolute atomic E-state index is 13.3. The molecular formula is C18H31Cl2N5O2. The molecule has 0 bridgehead atoms. The van der Waals surface area contributed by atoms with E-state index in [1.54, 1.807) is 0 Å². The summed E-state index contributed by atoms with van der Waals surface area (Å²) >= 11 is 0. The molecule has 3 aliphatic rings. The summed E-state index contributed by atoms with van der Waals surface area (Å²) in [7, 11) is 0. The number of hydrogen-bond acceptors (Lipinski definition) is 6. The highest BCUT2D eigenvalue weighted by Gasteiger charge is 2.51. The van der Waals surface area contributed by atoms with Crippen LogP contribution < -0.4 is 5.32 Å². The molecule has 2 aliphatic heterocycles. The zero-order valence-electron chi connectivity index (χ0n) is 16.1. The maximum atomic E-state index is 13.3. The van der Waals surface area contributed by atoms with E-state index in [0.29, 0.717) is 23.5 Å². The van der Waals surface area contributed by atoms with Crippen LogP contribution in [0.3, 0.4) is 0 Å². The molecule has 27 heavy (non-hydrogen) atoms. The average Bonchev–Trinajstić information content (AvgIpc) is 3.27. The van der Waals surface area contributed by atoms with Crippen LogP contribution in [0, 0.1) is 18.3 Å². The molecule has 0 aromatic carbocycles. The van der Waals surface area contributed by atoms with Gasteiger partial charge in [-0.15, -0.1) is 24.8 Å². The summed E-state index contributed by atoms with van der Waals surface area (Å²) in [4.78, 5) is 22.1. The van der Waals surface area contributed by atoms with Gasteiger partial charge in [-0.05, 0) is 39.2 Å². The van der Waals surface area contributed by atoms with Crippen molar-refractivity contribution in [1.29, 1.82) is 0 Å². The highest BCUT2D eigenvalue weighted by atomic mass is 35.5. The van der Waals surface area contributed by atoms with Crippen LogP contribution in [0.25, 0.3) is 0 Å². The Morgan fingerprint density at radius 3 is 2.67 bits per heavy atom. The van der Waals surface area contributed by atoms with E-state index in [4.69, 9.17) is 4.52 Å². The van der Waals surface area contributed by atoms with E-state index in [1.807, 2.05) is 6.92 Å². The summed E-state index contributed by atoms with van der Waals surface area (Å²) in [6, 6.07) is 0.104. The molecule has 1 aromatic rings. The second kappa shape index (κ2) is 9.07. The number of aromatic nitrogens is 2. The van der Waals surface area contributed by atoms with Crippen LogP contribution >= 0.6 is 24.8 Å². The number of rotatable bonds is 3. The Kier molecular flexibility index (Phi) is 7.53. The number of carbonyl (C=O) groups excluding carboxylic acids is 1. The van der Waals surface area contributed by atoms with Gasteiger partial charge in [0.2, 0.25) is 11.8 Å². The Morgan fingerprint density at radius 2 is 2.00 bits per heavy atom. The standard InChI is InChI=1S/C18H29N5O2.2ClH/c1-13(16-20-14(2)21-25-16)22-7-9-23(10-8-22)17(24)18-6-4-3-5-15(18)11-19-12-18;;/h13,15,19H,3-12H2,1-2H3;2*1H/t13?,15-,18+;;/m0../s1. The van der Waals surface area contributed by atoms with Gasteiger partial charge in [0, 0.05) is 32.7 Å². The number of nitrogens with zero attached hydrogens (tertiary/aromatic N) is 4. The van der Waals surface area contributed by atoms with Crippen LogP contribution in [0.2, 0.25) is 0 Å². The molecule has 2 saturated heterocycles. The lowest BCUT2D eigenvalue weighted by atomic mass is 9.67. The third-order valence-electron chi connectivity index (χ3n) is 6.51. The molecule has 1 aliphatic carbocycles. The molecule has 1 saturated carbocycles. The van der Waals surface area contributed by atoms with Gasteiger partial charge in [0.05, 0.1) is 11.5 Å². The Morgan fingerprint density at radius 1 is 1.26 bits per heavy atom. The summed E-state index contributed by atoms with van der Waals surface area (Å²) < 4.78 is 5.31. The fourth-order valence-electron chi connectivity index (χ4n) is 4.93. The quantitative estimate of drug-likeness (QED) is 0.808. The molecule has 1 unspecified atom stereocenters. The number of hydrogen-bond donors (Lipinski definition) is 1. The highest BCUT2D eigenvalue weighted by molar-refractivity contribution is 5.85. The second-order valence-corrected chi connectivity index (χ2v) is 7.91. The molecule has 3 atom stereocenters. The molecule has 0 radical (unpaired) electrons. The number of carbonyl (C=O) groups is 1. The zero-order valence-corrected chi connectivity index (χ0v) is 17.8. The van der Waals surface area contributed by atoms with Crippen molar-refractivity contribution in [2.24, 2.45) is 11.3 Å². The van der Waals surface area contributed by atoms with Gasteiger partial charge in [0.15, 0.2) is 5.82 Å². The first kappa shape index (κ1) is 22.4. The van der Waals surface area contributed by atoms with Crippen molar-refractivity contribution in [2.75, 3.05) is 39.3 Å². The van der Waals surface area contributed by atoms with Gasteiger partial charge in [-0.25, -0.2) is 0 Å². The van der Waals surface area contributed by atoms with Gasteiger partial charge in [0.1, 0.15) is 0 Å². The van der Waals surface area contributed by atoms with Crippen LogP contribution in [-0.4, -0.2) is 65.1 Å². The molecular weight excluding hydrogens is 389 g/mol. The largest absolute Gasteiger partial charge is 0.340 e. The molecule has 0 spiro atoms. The topological polar surface area (TPSA) is 74.5 Å². The van der Waals surface area contributed by atoms with E-state index in [0.717, 1.165) is 45.7 Å². The molecule has 3 heterocycles. The van der Waals surface area contributed by atoms with Crippen molar-refractivity contribution in [2.45, 2.75) is 45.6 Å². The summed E-state index contributed by atoms with van der Waals surface area (Å²) in [6.45, 7) is 9.14. The highest BCUT2D eigenvalue weighted by Crippen LogP contribution is 2.45. The van der Waals surface area contributed by atoms with Crippen LogP contribution in [0.4, 0.5) is 0 Å². The lowest BCUT2D eigenvalue weighted by Gasteiger charge is -2.44. The smallest absolute Gasteiger partial charge is 0.243 e. The fraction of sp³-hybridized carbons (Fsp3) is 0.833. The Balaban J connectivity index is 0.00000131. The molecule has 3 fully saturated rings. The van der Waals surface area contributed by atoms with Crippen LogP contribution in [0.5, 0.6) is 0 Å². The predicted octanol–water partition coefficient (Wildman–Crippen LogP) is 2.21. The minimum Gasteiger partial charge on any atom is -0.340 e. The normalized spacial score (nSPS) is 29.4. The number of fused-ring (bicyclic) bond motifs is 1. The number of halogens is 2. The molecule has 1 N–H and O–H groups in total. The molecule has 1 aromatic heterocycles. The Labute approximate surface area is 173 Å². The summed E-state index contributed by atoms with van der Waals surface area (Å²) in [5.74, 6) is 2.27. The van der Waals surface area contributed by atoms with Crippen molar-refractivity contribution in [3.8, 4) is 0 Å². The van der Waals surface area contributed by atoms with E-state index in [9.17, 15) is 4.79 Å². The number of nitrogens with one attached hydrogen (secondary N) is 1. The first-order valence-corrected chi connectivity index (χ1v) is 9.64. The molecule has 1 amide bonds. The van der Waals surface area contributed by atoms with Gasteiger partial charge in [-0.3, -0.25) is 9.69 Å².